The Morgan fingerprint density at radius 2 is 1.97 bits per heavy atom. The molecule has 172 valence electrons. The first-order valence-corrected chi connectivity index (χ1v) is 10.8. The largest absolute Gasteiger partial charge is 0.497 e. The smallest absolute Gasteiger partial charge is 0.327 e. The average molecular weight is 451 g/mol. The maximum absolute atomic E-state index is 14.0. The monoisotopic (exact) mass is 450 g/mol. The normalized spacial score (nSPS) is 13.6. The van der Waals surface area contributed by atoms with Crippen LogP contribution in [0, 0.1) is 11.2 Å². The van der Waals surface area contributed by atoms with Gasteiger partial charge in [-0.25, -0.2) is 9.18 Å². The van der Waals surface area contributed by atoms with Crippen molar-refractivity contribution < 1.29 is 13.9 Å². The number of hydrogen-bond donors (Lipinski definition) is 3. The molecule has 0 aliphatic carbocycles. The fraction of sp³-hybridized carbons (Fsp3) is 0.292. The van der Waals surface area contributed by atoms with Gasteiger partial charge in [-0.05, 0) is 61.3 Å². The van der Waals surface area contributed by atoms with E-state index in [1.165, 1.54) is 24.1 Å². The van der Waals surface area contributed by atoms with Crippen molar-refractivity contribution in [3.8, 4) is 16.9 Å². The lowest BCUT2D eigenvalue weighted by Crippen LogP contribution is -2.44. The summed E-state index contributed by atoms with van der Waals surface area (Å²) in [6.07, 6.45) is 5.69. The third kappa shape index (κ3) is 5.75. The number of halogens is 1. The average Bonchev–Trinajstić information content (AvgIpc) is 3.52. The standard InChI is InChI=1S/C24H27FN6O2/c1-33-22-11-17(10-20(25)12-22)15-31(23(26)16-30-8-2-3-9-30)24(32)29-21-6-4-18(5-7-21)19-13-27-28-14-19/h4-7,10-14,26H,2-3,8-9,15-16H2,1H3,(H,27,28)(H,29,32). The summed E-state index contributed by atoms with van der Waals surface area (Å²) in [5.74, 6) is 0.0736. The molecular formula is C24H27FN6O2. The van der Waals surface area contributed by atoms with Gasteiger partial charge in [-0.1, -0.05) is 12.1 Å². The van der Waals surface area contributed by atoms with Crippen molar-refractivity contribution in [2.45, 2.75) is 19.4 Å². The Morgan fingerprint density at radius 3 is 2.64 bits per heavy atom. The summed E-state index contributed by atoms with van der Waals surface area (Å²) in [5, 5.41) is 18.2. The highest BCUT2D eigenvalue weighted by Gasteiger charge is 2.23. The maximum atomic E-state index is 14.0. The number of aromatic nitrogens is 2. The van der Waals surface area contributed by atoms with Gasteiger partial charge in [0.1, 0.15) is 17.4 Å². The number of ether oxygens (including phenoxy) is 1. The highest BCUT2D eigenvalue weighted by molar-refractivity contribution is 6.02. The molecule has 1 saturated heterocycles. The molecule has 1 aliphatic heterocycles. The van der Waals surface area contributed by atoms with Crippen LogP contribution in [0.25, 0.3) is 11.1 Å². The Morgan fingerprint density at radius 1 is 1.21 bits per heavy atom. The van der Waals surface area contributed by atoms with Crippen molar-refractivity contribution in [1.82, 2.24) is 20.0 Å². The van der Waals surface area contributed by atoms with Crippen LogP contribution in [0.2, 0.25) is 0 Å². The molecule has 0 atom stereocenters. The summed E-state index contributed by atoms with van der Waals surface area (Å²) >= 11 is 0. The van der Waals surface area contributed by atoms with Crippen molar-refractivity contribution in [2.24, 2.45) is 0 Å². The van der Waals surface area contributed by atoms with E-state index in [0.717, 1.165) is 37.1 Å². The third-order valence-electron chi connectivity index (χ3n) is 5.62. The first kappa shape index (κ1) is 22.5. The molecule has 4 rings (SSSR count). The molecule has 0 spiro atoms. The number of benzene rings is 2. The number of carbonyl (C=O) groups is 1. The summed E-state index contributed by atoms with van der Waals surface area (Å²) in [5.41, 5.74) is 3.06. The molecule has 1 fully saturated rings. The molecule has 8 nitrogen and oxygen atoms in total. The molecule has 2 aromatic carbocycles. The van der Waals surface area contributed by atoms with Crippen molar-refractivity contribution in [1.29, 1.82) is 5.41 Å². The minimum atomic E-state index is -0.453. The van der Waals surface area contributed by atoms with Crippen molar-refractivity contribution in [3.05, 3.63) is 66.2 Å². The van der Waals surface area contributed by atoms with E-state index in [1.54, 1.807) is 30.6 Å². The van der Waals surface area contributed by atoms with Crippen molar-refractivity contribution >= 4 is 17.6 Å². The number of anilines is 1. The number of likely N-dealkylation sites (tertiary alicyclic amines) is 1. The fourth-order valence-corrected chi connectivity index (χ4v) is 3.89. The zero-order valence-electron chi connectivity index (χ0n) is 18.5. The van der Waals surface area contributed by atoms with Crippen LogP contribution in [0.3, 0.4) is 0 Å². The van der Waals surface area contributed by atoms with Gasteiger partial charge < -0.3 is 10.1 Å². The first-order chi connectivity index (χ1) is 16.0. The Balaban J connectivity index is 1.51. The second-order valence-corrected chi connectivity index (χ2v) is 8.01. The first-order valence-electron chi connectivity index (χ1n) is 10.8. The van der Waals surface area contributed by atoms with E-state index in [2.05, 4.69) is 20.4 Å². The summed E-state index contributed by atoms with van der Waals surface area (Å²) in [6, 6.07) is 11.2. The van der Waals surface area contributed by atoms with E-state index in [1.807, 2.05) is 12.1 Å². The van der Waals surface area contributed by atoms with Gasteiger partial charge in [0.05, 0.1) is 26.4 Å². The predicted molar refractivity (Wildman–Crippen MR) is 125 cm³/mol. The number of hydrogen-bond acceptors (Lipinski definition) is 5. The maximum Gasteiger partial charge on any atom is 0.327 e. The molecule has 0 unspecified atom stereocenters. The number of aromatic amines is 1. The lowest BCUT2D eigenvalue weighted by atomic mass is 10.1. The van der Waals surface area contributed by atoms with E-state index in [-0.39, 0.29) is 12.4 Å². The molecule has 0 saturated carbocycles. The topological polar surface area (TPSA) is 97.3 Å². The molecule has 33 heavy (non-hydrogen) atoms. The van der Waals surface area contributed by atoms with Crippen LogP contribution in [-0.2, 0) is 6.54 Å². The van der Waals surface area contributed by atoms with Crippen molar-refractivity contribution in [3.63, 3.8) is 0 Å². The highest BCUT2D eigenvalue weighted by atomic mass is 19.1. The minimum absolute atomic E-state index is 0.0553. The second kappa shape index (κ2) is 10.3. The van der Waals surface area contributed by atoms with Gasteiger partial charge in [0.15, 0.2) is 0 Å². The number of rotatable bonds is 7. The Kier molecular flexibility index (Phi) is 6.99. The molecule has 1 aromatic heterocycles. The fourth-order valence-electron chi connectivity index (χ4n) is 3.89. The van der Waals surface area contributed by atoms with Crippen LogP contribution in [0.4, 0.5) is 14.9 Å². The molecule has 9 heteroatoms. The minimum Gasteiger partial charge on any atom is -0.497 e. The number of amides is 2. The van der Waals surface area contributed by atoms with E-state index in [4.69, 9.17) is 10.1 Å². The molecule has 2 heterocycles. The number of H-pyrrole nitrogens is 1. The lowest BCUT2D eigenvalue weighted by Gasteiger charge is -2.26. The van der Waals surface area contributed by atoms with E-state index in [9.17, 15) is 9.18 Å². The van der Waals surface area contributed by atoms with Crippen LogP contribution in [0.1, 0.15) is 18.4 Å². The van der Waals surface area contributed by atoms with Gasteiger partial charge in [0, 0.05) is 23.5 Å². The van der Waals surface area contributed by atoms with Gasteiger partial charge in [0.2, 0.25) is 0 Å². The molecule has 0 radical (unpaired) electrons. The van der Waals surface area contributed by atoms with E-state index >= 15 is 0 Å². The molecule has 2 amide bonds. The summed E-state index contributed by atoms with van der Waals surface area (Å²) in [4.78, 5) is 16.7. The molecule has 3 N–H and O–H groups in total. The number of urea groups is 1. The zero-order valence-corrected chi connectivity index (χ0v) is 18.5. The summed E-state index contributed by atoms with van der Waals surface area (Å²) in [7, 11) is 1.46. The highest BCUT2D eigenvalue weighted by Crippen LogP contribution is 2.22. The Bertz CT molecular complexity index is 1090. The number of nitrogens with one attached hydrogen (secondary N) is 3. The number of carbonyl (C=O) groups excluding carboxylic acids is 1. The van der Waals surface area contributed by atoms with Gasteiger partial charge in [-0.15, -0.1) is 0 Å². The number of amidine groups is 1. The van der Waals surface area contributed by atoms with Crippen LogP contribution in [0.15, 0.2) is 54.9 Å². The number of methoxy groups -OCH3 is 1. The van der Waals surface area contributed by atoms with Gasteiger partial charge in [0.25, 0.3) is 0 Å². The van der Waals surface area contributed by atoms with Gasteiger partial charge in [-0.2, -0.15) is 5.10 Å². The quantitative estimate of drug-likeness (QED) is 0.369. The molecule has 3 aromatic rings. The molecule has 0 bridgehead atoms. The lowest BCUT2D eigenvalue weighted by molar-refractivity contribution is 0.230. The van der Waals surface area contributed by atoms with Gasteiger partial charge in [-0.3, -0.25) is 20.3 Å². The summed E-state index contributed by atoms with van der Waals surface area (Å²) < 4.78 is 19.2. The summed E-state index contributed by atoms with van der Waals surface area (Å²) in [6.45, 7) is 2.22. The van der Waals surface area contributed by atoms with E-state index < -0.39 is 11.8 Å². The Hall–Kier alpha value is -3.72. The van der Waals surface area contributed by atoms with Gasteiger partial charge >= 0.3 is 6.03 Å². The second-order valence-electron chi connectivity index (χ2n) is 8.01. The Labute approximate surface area is 191 Å². The molecule has 1 aliphatic rings. The van der Waals surface area contributed by atoms with E-state index in [0.29, 0.717) is 23.5 Å². The van der Waals surface area contributed by atoms with Crippen LogP contribution < -0.4 is 10.1 Å². The van der Waals surface area contributed by atoms with Crippen LogP contribution in [0.5, 0.6) is 5.75 Å². The van der Waals surface area contributed by atoms with Crippen LogP contribution in [-0.4, -0.2) is 58.6 Å². The van der Waals surface area contributed by atoms with Crippen LogP contribution >= 0.6 is 0 Å². The zero-order chi connectivity index (χ0) is 23.2. The molecular weight excluding hydrogens is 423 g/mol. The third-order valence-corrected chi connectivity index (χ3v) is 5.62. The number of nitrogens with zero attached hydrogens (tertiary/aromatic N) is 3. The van der Waals surface area contributed by atoms with Crippen molar-refractivity contribution in [2.75, 3.05) is 32.1 Å². The SMILES string of the molecule is COc1cc(F)cc(CN(C(=N)CN2CCCC2)C(=O)Nc2ccc(-c3cn[nH]c3)cc2)c1. The predicted octanol–water partition coefficient (Wildman–Crippen LogP) is 4.33.